The number of pyridine rings is 2. The average Bonchev–Trinajstić information content (AvgIpc) is 3.62. The number of aliphatic carboxylic acids is 1. The molecule has 0 aliphatic heterocycles. The van der Waals surface area contributed by atoms with E-state index < -0.39 is 11.9 Å². The average molecular weight is 565 g/mol. The van der Waals surface area contributed by atoms with Crippen molar-refractivity contribution in [1.82, 2.24) is 20.1 Å². The summed E-state index contributed by atoms with van der Waals surface area (Å²) in [7, 11) is 0. The van der Waals surface area contributed by atoms with E-state index in [0.717, 1.165) is 17.7 Å². The lowest BCUT2D eigenvalue weighted by atomic mass is 10.1. The molecule has 5 rings (SSSR count). The predicted molar refractivity (Wildman–Crippen MR) is 149 cm³/mol. The summed E-state index contributed by atoms with van der Waals surface area (Å²) in [5.41, 5.74) is 7.71. The van der Waals surface area contributed by atoms with Crippen LogP contribution in [0.1, 0.15) is 43.5 Å². The number of ether oxygens (including phenoxy) is 1. The number of nitrogens with one attached hydrogen (secondary N) is 1. The van der Waals surface area contributed by atoms with E-state index in [0.29, 0.717) is 46.6 Å². The molecule has 12 heteroatoms. The topological polar surface area (TPSA) is 166 Å². The van der Waals surface area contributed by atoms with Crippen LogP contribution in [0.2, 0.25) is 5.02 Å². The lowest BCUT2D eigenvalue weighted by molar-refractivity contribution is -0.141. The van der Waals surface area contributed by atoms with Gasteiger partial charge in [0.1, 0.15) is 5.02 Å². The second-order valence-corrected chi connectivity index (χ2v) is 9.88. The van der Waals surface area contributed by atoms with Gasteiger partial charge < -0.3 is 25.4 Å². The van der Waals surface area contributed by atoms with Gasteiger partial charge in [0.15, 0.2) is 0 Å². The van der Waals surface area contributed by atoms with Gasteiger partial charge in [0.05, 0.1) is 23.1 Å². The largest absolute Gasteiger partial charge is 0.481 e. The Hall–Kier alpha value is -4.51. The fourth-order valence-corrected chi connectivity index (χ4v) is 4.32. The molecular formula is C28H29ClN6O5. The number of hydrogen-bond acceptors (Lipinski definition) is 9. The maximum Gasteiger partial charge on any atom is 0.306 e. The van der Waals surface area contributed by atoms with Gasteiger partial charge in [0.25, 0.3) is 5.89 Å². The maximum absolute atomic E-state index is 11.1. The van der Waals surface area contributed by atoms with Crippen LogP contribution >= 0.6 is 11.6 Å². The molecule has 3 heterocycles. The van der Waals surface area contributed by atoms with Crippen molar-refractivity contribution in [2.45, 2.75) is 45.3 Å². The molecule has 1 aromatic carbocycles. The Balaban J connectivity index is 0.000000350. The number of carbonyl (C=O) groups excluding carboxylic acids is 1. The number of hydrogen-bond donors (Lipinski definition) is 3. The smallest absolute Gasteiger partial charge is 0.306 e. The van der Waals surface area contributed by atoms with E-state index in [1.807, 2.05) is 38.1 Å². The van der Waals surface area contributed by atoms with Crippen molar-refractivity contribution >= 4 is 29.2 Å². The highest BCUT2D eigenvalue weighted by molar-refractivity contribution is 6.32. The van der Waals surface area contributed by atoms with Gasteiger partial charge in [-0.3, -0.25) is 14.6 Å². The first kappa shape index (κ1) is 28.5. The third-order valence-electron chi connectivity index (χ3n) is 6.07. The van der Waals surface area contributed by atoms with Gasteiger partial charge in [0, 0.05) is 35.9 Å². The van der Waals surface area contributed by atoms with Gasteiger partial charge in [0.2, 0.25) is 17.6 Å². The summed E-state index contributed by atoms with van der Waals surface area (Å²) in [6, 6.07) is 12.8. The molecule has 4 N–H and O–H groups in total. The fraction of sp³-hybridized carbons (Fsp3) is 0.286. The van der Waals surface area contributed by atoms with E-state index in [1.54, 1.807) is 30.6 Å². The highest BCUT2D eigenvalue weighted by Crippen LogP contribution is 2.31. The molecule has 1 amide bonds. The molecule has 11 nitrogen and oxygen atoms in total. The highest BCUT2D eigenvalue weighted by Gasteiger charge is 2.29. The van der Waals surface area contributed by atoms with Crippen molar-refractivity contribution in [3.63, 3.8) is 0 Å². The first-order valence-electron chi connectivity index (χ1n) is 12.7. The normalized spacial score (nSPS) is 16.2. The van der Waals surface area contributed by atoms with Gasteiger partial charge in [-0.05, 0) is 75.6 Å². The van der Waals surface area contributed by atoms with Crippen LogP contribution < -0.4 is 15.8 Å². The Labute approximate surface area is 235 Å². The molecule has 40 heavy (non-hydrogen) atoms. The summed E-state index contributed by atoms with van der Waals surface area (Å²) in [4.78, 5) is 33.9. The maximum atomic E-state index is 11.1. The Bertz CT molecular complexity index is 1450. The summed E-state index contributed by atoms with van der Waals surface area (Å²) in [5.74, 6) is -0.293. The number of benzene rings is 1. The minimum atomic E-state index is -0.717. The summed E-state index contributed by atoms with van der Waals surface area (Å²) in [6.07, 6.45) is 6.78. The van der Waals surface area contributed by atoms with Crippen LogP contribution in [-0.4, -0.2) is 49.2 Å². The molecule has 1 saturated carbocycles. The molecule has 1 aliphatic carbocycles. The van der Waals surface area contributed by atoms with E-state index in [1.165, 1.54) is 6.20 Å². The molecular weight excluding hydrogens is 536 g/mol. The lowest BCUT2D eigenvalue weighted by Crippen LogP contribution is -2.17. The molecule has 208 valence electrons. The molecule has 0 bridgehead atoms. The number of amides is 1. The van der Waals surface area contributed by atoms with Crippen LogP contribution in [0.15, 0.2) is 65.6 Å². The number of carbonyl (C=O) groups is 2. The minimum absolute atomic E-state index is 0.0319. The number of rotatable bonds is 8. The van der Waals surface area contributed by atoms with Crippen molar-refractivity contribution < 1.29 is 24.0 Å². The number of anilines is 1. The minimum Gasteiger partial charge on any atom is -0.481 e. The summed E-state index contributed by atoms with van der Waals surface area (Å²) < 4.78 is 10.9. The molecule has 1 aliphatic rings. The fourth-order valence-electron chi connectivity index (χ4n) is 4.11. The summed E-state index contributed by atoms with van der Waals surface area (Å²) in [5, 5.41) is 17.0. The number of nitrogens with two attached hydrogens (primary N) is 1. The van der Waals surface area contributed by atoms with Crippen molar-refractivity contribution in [2.75, 3.05) is 5.32 Å². The van der Waals surface area contributed by atoms with Gasteiger partial charge in [-0.1, -0.05) is 16.8 Å². The first-order valence-corrected chi connectivity index (χ1v) is 13.0. The monoisotopic (exact) mass is 564 g/mol. The van der Waals surface area contributed by atoms with Crippen molar-refractivity contribution in [2.24, 2.45) is 11.7 Å². The molecule has 1 fully saturated rings. The van der Waals surface area contributed by atoms with Crippen LogP contribution in [0.4, 0.5) is 5.69 Å². The van der Waals surface area contributed by atoms with E-state index in [-0.39, 0.29) is 18.1 Å². The third kappa shape index (κ3) is 7.54. The van der Waals surface area contributed by atoms with Crippen molar-refractivity contribution in [1.29, 1.82) is 0 Å². The van der Waals surface area contributed by atoms with Gasteiger partial charge in [-0.15, -0.1) is 0 Å². The van der Waals surface area contributed by atoms with Crippen LogP contribution in [0, 0.1) is 5.92 Å². The number of halogens is 1. The number of carboxylic acids is 1. The van der Waals surface area contributed by atoms with Crippen molar-refractivity contribution in [3.8, 4) is 28.7 Å². The van der Waals surface area contributed by atoms with E-state index in [4.69, 9.17) is 31.7 Å². The SMILES string of the molecule is CC(C)Oc1ncc(-c2nc(-c3ccc(N[C@H]4CC[C@@H](C(=O)O)C4)cc3)no2)cc1Cl.NC(=O)c1cccnc1. The molecule has 0 unspecified atom stereocenters. The molecule has 0 spiro atoms. The second kappa shape index (κ2) is 13.0. The Morgan fingerprint density at radius 1 is 1.15 bits per heavy atom. The summed E-state index contributed by atoms with van der Waals surface area (Å²) >= 11 is 6.24. The first-order chi connectivity index (χ1) is 19.2. The third-order valence-corrected chi connectivity index (χ3v) is 6.34. The second-order valence-electron chi connectivity index (χ2n) is 9.47. The molecule has 2 atom stereocenters. The molecule has 4 aromatic rings. The van der Waals surface area contributed by atoms with Crippen molar-refractivity contribution in [3.05, 3.63) is 71.6 Å². The number of primary amides is 1. The van der Waals surface area contributed by atoms with Gasteiger partial charge in [-0.25, -0.2) is 4.98 Å². The zero-order valence-electron chi connectivity index (χ0n) is 22.0. The zero-order chi connectivity index (χ0) is 28.6. The Morgan fingerprint density at radius 3 is 2.50 bits per heavy atom. The predicted octanol–water partition coefficient (Wildman–Crippen LogP) is 5.08. The van der Waals surface area contributed by atoms with Crippen LogP contribution in [-0.2, 0) is 4.79 Å². The van der Waals surface area contributed by atoms with Crippen LogP contribution in [0.3, 0.4) is 0 Å². The standard InChI is InChI=1S/C22H23ClN4O4.C6H6N2O/c1-12(2)30-21-18(23)10-15(11-24-21)20-26-19(27-31-20)13-3-6-16(7-4-13)25-17-8-5-14(9-17)22(28)29;7-6(9)5-2-1-3-8-4-5/h3-4,6-7,10-12,14,17,25H,5,8-9H2,1-2H3,(H,28,29);1-4H,(H2,7,9)/t14-,17+;/m1./s1. The van der Waals surface area contributed by atoms with Gasteiger partial charge in [-0.2, -0.15) is 4.98 Å². The number of aromatic nitrogens is 4. The van der Waals surface area contributed by atoms with Gasteiger partial charge >= 0.3 is 5.97 Å². The Kier molecular flexibility index (Phi) is 9.28. The summed E-state index contributed by atoms with van der Waals surface area (Å²) in [6.45, 7) is 3.80. The Morgan fingerprint density at radius 2 is 1.93 bits per heavy atom. The number of nitrogens with zero attached hydrogens (tertiary/aromatic N) is 4. The molecule has 0 radical (unpaired) electrons. The number of carboxylic acid groups (broad SMARTS) is 1. The van der Waals surface area contributed by atoms with E-state index in [2.05, 4.69) is 25.4 Å². The van der Waals surface area contributed by atoms with E-state index >= 15 is 0 Å². The van der Waals surface area contributed by atoms with Crippen LogP contribution in [0.25, 0.3) is 22.8 Å². The quantitative estimate of drug-likeness (QED) is 0.262. The van der Waals surface area contributed by atoms with E-state index in [9.17, 15) is 9.59 Å². The van der Waals surface area contributed by atoms with Crippen LogP contribution in [0.5, 0.6) is 5.88 Å². The molecule has 3 aromatic heterocycles. The lowest BCUT2D eigenvalue weighted by Gasteiger charge is -2.14. The zero-order valence-corrected chi connectivity index (χ0v) is 22.7. The molecule has 0 saturated heterocycles. The highest BCUT2D eigenvalue weighted by atomic mass is 35.5.